The molecular formula is C36H47N3O4. The van der Waals surface area contributed by atoms with Gasteiger partial charge in [0.05, 0.1) is 18.1 Å². The fourth-order valence-corrected chi connectivity index (χ4v) is 6.14. The quantitative estimate of drug-likeness (QED) is 0.179. The van der Waals surface area contributed by atoms with Gasteiger partial charge in [0, 0.05) is 19.1 Å². The normalized spacial score (nSPS) is 16.8. The topological polar surface area (TPSA) is 102 Å². The number of aliphatic hydroxyl groups is 1. The van der Waals surface area contributed by atoms with Gasteiger partial charge < -0.3 is 20.8 Å². The maximum atomic E-state index is 13.5. The summed E-state index contributed by atoms with van der Waals surface area (Å²) in [4.78, 5) is 27.1. The van der Waals surface area contributed by atoms with E-state index in [-0.39, 0.29) is 17.9 Å². The van der Waals surface area contributed by atoms with E-state index in [0.29, 0.717) is 19.5 Å². The van der Waals surface area contributed by atoms with Gasteiger partial charge in [-0.15, -0.1) is 0 Å². The molecule has 3 atom stereocenters. The Labute approximate surface area is 256 Å². The maximum Gasteiger partial charge on any atom is 0.404 e. The summed E-state index contributed by atoms with van der Waals surface area (Å²) in [5.74, 6) is -0.0557. The molecule has 0 aliphatic carbocycles. The lowest BCUT2D eigenvalue weighted by atomic mass is 9.94. The van der Waals surface area contributed by atoms with Gasteiger partial charge in [0.2, 0.25) is 5.91 Å². The van der Waals surface area contributed by atoms with Crippen molar-refractivity contribution in [3.63, 3.8) is 0 Å². The number of piperidine rings is 1. The number of nitrogens with zero attached hydrogens (tertiary/aromatic N) is 1. The Hall–Kier alpha value is -3.68. The first-order valence-electron chi connectivity index (χ1n) is 15.8. The number of benzene rings is 3. The average Bonchev–Trinajstić information content (AvgIpc) is 3.02. The fraction of sp³-hybridized carbons (Fsp3) is 0.444. The van der Waals surface area contributed by atoms with E-state index in [1.165, 1.54) is 11.1 Å². The minimum Gasteiger partial charge on any atom is -0.465 e. The second-order valence-electron chi connectivity index (χ2n) is 11.9. The first kappa shape index (κ1) is 32.2. The number of amides is 2. The number of rotatable bonds is 16. The van der Waals surface area contributed by atoms with Gasteiger partial charge >= 0.3 is 6.09 Å². The monoisotopic (exact) mass is 585 g/mol. The standard InChI is InChI=1S/C36H47N3O4/c40-34(33(38-36(42)43)25-30-17-8-3-9-18-30)27-39-24-12-21-31(26-39)35(41)37-32(22-10-19-28-13-4-1-5-14-28)23-11-20-29-15-6-2-7-16-29/h1-9,13-18,31-34,38,40H,10-12,19-27H2,(H,37,41)(H,42,43). The van der Waals surface area contributed by atoms with E-state index >= 15 is 0 Å². The smallest absolute Gasteiger partial charge is 0.404 e. The molecule has 3 aromatic rings. The SMILES string of the molecule is O=C(O)NC(Cc1ccccc1)C(O)CN1CCCC(C(=O)NC(CCCc2ccccc2)CCCc2ccccc2)C1. The van der Waals surface area contributed by atoms with Crippen molar-refractivity contribution in [3.8, 4) is 0 Å². The molecule has 1 saturated heterocycles. The van der Waals surface area contributed by atoms with Crippen LogP contribution in [0.4, 0.5) is 4.79 Å². The van der Waals surface area contributed by atoms with Gasteiger partial charge in [0.25, 0.3) is 0 Å². The first-order chi connectivity index (χ1) is 21.0. The minimum absolute atomic E-state index is 0.0908. The average molecular weight is 586 g/mol. The molecule has 4 N–H and O–H groups in total. The summed E-state index contributed by atoms with van der Waals surface area (Å²) in [5, 5.41) is 26.3. The number of hydrogen-bond acceptors (Lipinski definition) is 4. The second-order valence-corrected chi connectivity index (χ2v) is 11.9. The molecule has 0 spiro atoms. The number of carboxylic acid groups (broad SMARTS) is 1. The summed E-state index contributed by atoms with van der Waals surface area (Å²) in [5.41, 5.74) is 3.60. The molecule has 3 aromatic carbocycles. The lowest BCUT2D eigenvalue weighted by Crippen LogP contribution is -2.52. The van der Waals surface area contributed by atoms with Crippen molar-refractivity contribution in [2.45, 2.75) is 76.0 Å². The third-order valence-electron chi connectivity index (χ3n) is 8.46. The minimum atomic E-state index is -1.15. The van der Waals surface area contributed by atoms with Crippen molar-refractivity contribution in [1.82, 2.24) is 15.5 Å². The molecule has 0 aromatic heterocycles. The van der Waals surface area contributed by atoms with Crippen LogP contribution in [0, 0.1) is 5.92 Å². The summed E-state index contributed by atoms with van der Waals surface area (Å²) in [6.07, 6.45) is 5.95. The number of carbonyl (C=O) groups excluding carboxylic acids is 1. The molecule has 7 heteroatoms. The van der Waals surface area contributed by atoms with Crippen molar-refractivity contribution < 1.29 is 19.8 Å². The molecule has 0 radical (unpaired) electrons. The number of aryl methyl sites for hydroxylation is 2. The molecule has 1 aliphatic rings. The van der Waals surface area contributed by atoms with Gasteiger partial charge in [0.15, 0.2) is 0 Å². The van der Waals surface area contributed by atoms with E-state index in [9.17, 15) is 19.8 Å². The van der Waals surface area contributed by atoms with E-state index < -0.39 is 18.2 Å². The van der Waals surface area contributed by atoms with Gasteiger partial charge in [-0.05, 0) is 81.0 Å². The second kappa shape index (κ2) is 17.4. The highest BCUT2D eigenvalue weighted by atomic mass is 16.4. The van der Waals surface area contributed by atoms with Gasteiger partial charge in [-0.25, -0.2) is 4.79 Å². The molecule has 2 amide bonds. The van der Waals surface area contributed by atoms with Crippen LogP contribution in [0.3, 0.4) is 0 Å². The summed E-state index contributed by atoms with van der Waals surface area (Å²) >= 11 is 0. The number of likely N-dealkylation sites (tertiary alicyclic amines) is 1. The molecule has 0 saturated carbocycles. The van der Waals surface area contributed by atoms with Crippen LogP contribution in [0.2, 0.25) is 0 Å². The lowest BCUT2D eigenvalue weighted by molar-refractivity contribution is -0.127. The number of nitrogens with one attached hydrogen (secondary N) is 2. The van der Waals surface area contributed by atoms with Gasteiger partial charge in [-0.1, -0.05) is 91.0 Å². The third kappa shape index (κ3) is 11.5. The Balaban J connectivity index is 1.31. The molecule has 43 heavy (non-hydrogen) atoms. The zero-order valence-electron chi connectivity index (χ0n) is 25.1. The van der Waals surface area contributed by atoms with Crippen molar-refractivity contribution in [3.05, 3.63) is 108 Å². The van der Waals surface area contributed by atoms with Gasteiger partial charge in [0.1, 0.15) is 0 Å². The maximum absolute atomic E-state index is 13.5. The summed E-state index contributed by atoms with van der Waals surface area (Å²) in [6, 6.07) is 30.1. The highest BCUT2D eigenvalue weighted by Gasteiger charge is 2.30. The number of aliphatic hydroxyl groups excluding tert-OH is 1. The Kier molecular flexibility index (Phi) is 13.1. The van der Waals surface area contributed by atoms with Crippen molar-refractivity contribution in [2.24, 2.45) is 5.92 Å². The zero-order valence-corrected chi connectivity index (χ0v) is 25.1. The van der Waals surface area contributed by atoms with Crippen LogP contribution in [0.15, 0.2) is 91.0 Å². The number of β-amino-alcohol motifs (C(OH)–C–C–N with tert-alkyl or cyclic N) is 1. The van der Waals surface area contributed by atoms with Crippen LogP contribution in [-0.4, -0.2) is 64.9 Å². The largest absolute Gasteiger partial charge is 0.465 e. The predicted octanol–water partition coefficient (Wildman–Crippen LogP) is 5.47. The van der Waals surface area contributed by atoms with Crippen molar-refractivity contribution >= 4 is 12.0 Å². The molecule has 1 aliphatic heterocycles. The number of carbonyl (C=O) groups is 2. The molecule has 0 bridgehead atoms. The highest BCUT2D eigenvalue weighted by molar-refractivity contribution is 5.79. The van der Waals surface area contributed by atoms with Gasteiger partial charge in [-0.3, -0.25) is 9.69 Å². The Morgan fingerprint density at radius 2 is 1.33 bits per heavy atom. The Morgan fingerprint density at radius 1 is 0.791 bits per heavy atom. The van der Waals surface area contributed by atoms with E-state index in [1.807, 2.05) is 42.5 Å². The van der Waals surface area contributed by atoms with Crippen molar-refractivity contribution in [1.29, 1.82) is 0 Å². The Bertz CT molecular complexity index is 1180. The molecule has 3 unspecified atom stereocenters. The van der Waals surface area contributed by atoms with E-state index in [0.717, 1.165) is 63.5 Å². The lowest BCUT2D eigenvalue weighted by Gasteiger charge is -2.35. The van der Waals surface area contributed by atoms with Gasteiger partial charge in [-0.2, -0.15) is 0 Å². The molecule has 1 heterocycles. The van der Waals surface area contributed by atoms with Crippen LogP contribution >= 0.6 is 0 Å². The summed E-state index contributed by atoms with van der Waals surface area (Å²) in [7, 11) is 0. The summed E-state index contributed by atoms with van der Waals surface area (Å²) in [6.45, 7) is 1.66. The molecule has 4 rings (SSSR count). The summed E-state index contributed by atoms with van der Waals surface area (Å²) < 4.78 is 0. The van der Waals surface area contributed by atoms with Crippen molar-refractivity contribution in [2.75, 3.05) is 19.6 Å². The predicted molar refractivity (Wildman–Crippen MR) is 171 cm³/mol. The van der Waals surface area contributed by atoms with E-state index in [4.69, 9.17) is 0 Å². The molecule has 1 fully saturated rings. The first-order valence-corrected chi connectivity index (χ1v) is 15.8. The van der Waals surface area contributed by atoms with Crippen LogP contribution in [0.5, 0.6) is 0 Å². The highest BCUT2D eigenvalue weighted by Crippen LogP contribution is 2.20. The Morgan fingerprint density at radius 3 is 1.86 bits per heavy atom. The fourth-order valence-electron chi connectivity index (χ4n) is 6.14. The van der Waals surface area contributed by atoms with Crippen LogP contribution in [-0.2, 0) is 24.1 Å². The van der Waals surface area contributed by atoms with Crippen LogP contribution in [0.25, 0.3) is 0 Å². The van der Waals surface area contributed by atoms with Crippen LogP contribution in [0.1, 0.15) is 55.2 Å². The third-order valence-corrected chi connectivity index (χ3v) is 8.46. The van der Waals surface area contributed by atoms with E-state index in [1.54, 1.807) is 0 Å². The molecule has 230 valence electrons. The van der Waals surface area contributed by atoms with E-state index in [2.05, 4.69) is 64.1 Å². The number of hydrogen-bond donors (Lipinski definition) is 4. The molecule has 7 nitrogen and oxygen atoms in total. The van der Waals surface area contributed by atoms with Crippen LogP contribution < -0.4 is 10.6 Å². The molecular weight excluding hydrogens is 538 g/mol. The zero-order chi connectivity index (χ0) is 30.3.